The third-order valence-corrected chi connectivity index (χ3v) is 4.99. The second-order valence-electron chi connectivity index (χ2n) is 6.03. The number of sulfone groups is 1. The van der Waals surface area contributed by atoms with E-state index in [1.54, 1.807) is 12.1 Å². The quantitative estimate of drug-likeness (QED) is 0.775. The molecule has 0 unspecified atom stereocenters. The van der Waals surface area contributed by atoms with Crippen LogP contribution >= 0.6 is 0 Å². The van der Waals surface area contributed by atoms with Gasteiger partial charge in [-0.3, -0.25) is 4.79 Å². The van der Waals surface area contributed by atoms with E-state index in [4.69, 9.17) is 4.74 Å². The molecule has 0 heterocycles. The van der Waals surface area contributed by atoms with E-state index in [1.165, 1.54) is 6.07 Å². The lowest BCUT2D eigenvalue weighted by Crippen LogP contribution is -2.23. The van der Waals surface area contributed by atoms with Gasteiger partial charge in [-0.1, -0.05) is 18.2 Å². The summed E-state index contributed by atoms with van der Waals surface area (Å²) in [5, 5.41) is 5.76. The van der Waals surface area contributed by atoms with Gasteiger partial charge in [-0.25, -0.2) is 8.42 Å². The van der Waals surface area contributed by atoms with Gasteiger partial charge in [0, 0.05) is 18.0 Å². The van der Waals surface area contributed by atoms with Crippen LogP contribution in [-0.4, -0.2) is 33.7 Å². The zero-order chi connectivity index (χ0) is 19.3. The summed E-state index contributed by atoms with van der Waals surface area (Å²) in [5.41, 5.74) is 3.08. The number of amides is 1. The number of hydrogen-bond acceptors (Lipinski definition) is 5. The topological polar surface area (TPSA) is 84.5 Å². The number of para-hydroxylation sites is 1. The molecule has 1 amide bonds. The van der Waals surface area contributed by atoms with Gasteiger partial charge in [-0.15, -0.1) is 0 Å². The van der Waals surface area contributed by atoms with E-state index < -0.39 is 9.84 Å². The smallest absolute Gasteiger partial charge is 0.243 e. The first kappa shape index (κ1) is 19.8. The predicted octanol–water partition coefficient (Wildman–Crippen LogP) is 3.16. The largest absolute Gasteiger partial charge is 0.494 e. The van der Waals surface area contributed by atoms with Gasteiger partial charge in [0.1, 0.15) is 5.75 Å². The van der Waals surface area contributed by atoms with Gasteiger partial charge in [0.25, 0.3) is 0 Å². The molecule has 26 heavy (non-hydrogen) atoms. The van der Waals surface area contributed by atoms with Crippen LogP contribution in [0.25, 0.3) is 0 Å². The average Bonchev–Trinajstić information content (AvgIpc) is 2.56. The highest BCUT2D eigenvalue weighted by atomic mass is 32.2. The number of rotatable bonds is 7. The minimum atomic E-state index is -3.47. The highest BCUT2D eigenvalue weighted by Crippen LogP contribution is 2.26. The normalized spacial score (nSPS) is 11.1. The highest BCUT2D eigenvalue weighted by Gasteiger charge is 2.16. The Morgan fingerprint density at radius 1 is 1.12 bits per heavy atom. The lowest BCUT2D eigenvalue weighted by atomic mass is 10.1. The van der Waals surface area contributed by atoms with Crippen molar-refractivity contribution >= 4 is 27.1 Å². The summed E-state index contributed by atoms with van der Waals surface area (Å²) in [4.78, 5) is 12.4. The van der Waals surface area contributed by atoms with Gasteiger partial charge >= 0.3 is 0 Å². The van der Waals surface area contributed by atoms with Gasteiger partial charge in [0.2, 0.25) is 5.91 Å². The minimum Gasteiger partial charge on any atom is -0.494 e. The fraction of sp³-hybridized carbons (Fsp3) is 0.316. The van der Waals surface area contributed by atoms with Crippen molar-refractivity contribution < 1.29 is 17.9 Å². The Balaban J connectivity index is 2.15. The molecule has 2 aromatic carbocycles. The maximum atomic E-state index is 12.3. The van der Waals surface area contributed by atoms with Crippen LogP contribution in [-0.2, 0) is 14.6 Å². The minimum absolute atomic E-state index is 0.0513. The van der Waals surface area contributed by atoms with Crippen molar-refractivity contribution in [3.63, 3.8) is 0 Å². The summed E-state index contributed by atoms with van der Waals surface area (Å²) in [7, 11) is -3.47. The number of carbonyl (C=O) groups excluding carboxylic acids is 1. The van der Waals surface area contributed by atoms with Crippen LogP contribution < -0.4 is 15.4 Å². The molecule has 0 spiro atoms. The lowest BCUT2D eigenvalue weighted by molar-refractivity contribution is -0.114. The number of anilines is 2. The van der Waals surface area contributed by atoms with Gasteiger partial charge in [-0.2, -0.15) is 0 Å². The summed E-state index contributed by atoms with van der Waals surface area (Å²) in [5.74, 6) is 0.217. The lowest BCUT2D eigenvalue weighted by Gasteiger charge is -2.14. The molecule has 0 radical (unpaired) electrons. The first-order valence-electron chi connectivity index (χ1n) is 8.29. The molecule has 0 aliphatic carbocycles. The first-order valence-corrected chi connectivity index (χ1v) is 10.2. The van der Waals surface area contributed by atoms with E-state index in [0.717, 1.165) is 23.1 Å². The van der Waals surface area contributed by atoms with Crippen molar-refractivity contribution in [2.75, 3.05) is 30.0 Å². The van der Waals surface area contributed by atoms with E-state index in [0.29, 0.717) is 18.0 Å². The maximum Gasteiger partial charge on any atom is 0.243 e. The molecule has 0 fully saturated rings. The van der Waals surface area contributed by atoms with E-state index in [9.17, 15) is 13.2 Å². The van der Waals surface area contributed by atoms with Crippen LogP contribution in [0.2, 0.25) is 0 Å². The summed E-state index contributed by atoms with van der Waals surface area (Å²) >= 11 is 0. The molecule has 140 valence electrons. The molecular weight excluding hydrogens is 352 g/mol. The van der Waals surface area contributed by atoms with E-state index >= 15 is 0 Å². The fourth-order valence-corrected chi connectivity index (χ4v) is 3.45. The molecule has 2 aromatic rings. The summed E-state index contributed by atoms with van der Waals surface area (Å²) in [6.07, 6.45) is 1.12. The molecule has 0 saturated heterocycles. The molecule has 0 aromatic heterocycles. The summed E-state index contributed by atoms with van der Waals surface area (Å²) in [6, 6.07) is 10.5. The Labute approximate surface area is 154 Å². The number of nitrogens with one attached hydrogen (secondary N) is 2. The number of carbonyl (C=O) groups is 1. The second-order valence-corrected chi connectivity index (χ2v) is 8.02. The summed E-state index contributed by atoms with van der Waals surface area (Å²) in [6.45, 7) is 6.05. The standard InChI is InChI=1S/C19H24N2O4S/c1-5-25-15-9-10-16(17(11-15)26(4,23)24)20-12-18(22)21-19-13(2)7-6-8-14(19)3/h6-11,20H,5,12H2,1-4H3,(H,21,22). The second kappa shape index (κ2) is 8.23. The molecule has 0 saturated carbocycles. The molecule has 0 atom stereocenters. The van der Waals surface area contributed by atoms with Crippen molar-refractivity contribution in [1.82, 2.24) is 0 Å². The van der Waals surface area contributed by atoms with Gasteiger partial charge < -0.3 is 15.4 Å². The summed E-state index contributed by atoms with van der Waals surface area (Å²) < 4.78 is 29.4. The SMILES string of the molecule is CCOc1ccc(NCC(=O)Nc2c(C)cccc2C)c(S(C)(=O)=O)c1. The van der Waals surface area contributed by atoms with Gasteiger partial charge in [0.05, 0.1) is 23.7 Å². The van der Waals surface area contributed by atoms with Crippen molar-refractivity contribution in [2.45, 2.75) is 25.7 Å². The van der Waals surface area contributed by atoms with Gasteiger partial charge in [0.15, 0.2) is 9.84 Å². The van der Waals surface area contributed by atoms with E-state index in [1.807, 2.05) is 39.0 Å². The Morgan fingerprint density at radius 3 is 2.35 bits per heavy atom. The number of aryl methyl sites for hydroxylation is 2. The van der Waals surface area contributed by atoms with Crippen LogP contribution in [0, 0.1) is 13.8 Å². The zero-order valence-corrected chi connectivity index (χ0v) is 16.2. The third-order valence-electron chi connectivity index (χ3n) is 3.85. The molecule has 2 rings (SSSR count). The molecule has 0 aliphatic heterocycles. The van der Waals surface area contributed by atoms with Crippen molar-refractivity contribution in [3.05, 3.63) is 47.5 Å². The Morgan fingerprint density at radius 2 is 1.77 bits per heavy atom. The number of benzene rings is 2. The van der Waals surface area contributed by atoms with Crippen LogP contribution in [0.1, 0.15) is 18.1 Å². The van der Waals surface area contributed by atoms with E-state index in [2.05, 4.69) is 10.6 Å². The molecule has 0 aliphatic rings. The number of ether oxygens (including phenoxy) is 1. The van der Waals surface area contributed by atoms with E-state index in [-0.39, 0.29) is 17.3 Å². The van der Waals surface area contributed by atoms with Gasteiger partial charge in [-0.05, 0) is 44.0 Å². The zero-order valence-electron chi connectivity index (χ0n) is 15.4. The first-order chi connectivity index (χ1) is 12.2. The monoisotopic (exact) mass is 376 g/mol. The van der Waals surface area contributed by atoms with Crippen molar-refractivity contribution in [3.8, 4) is 5.75 Å². The van der Waals surface area contributed by atoms with Crippen LogP contribution in [0.5, 0.6) is 5.75 Å². The molecular formula is C19H24N2O4S. The Hall–Kier alpha value is -2.54. The Kier molecular flexibility index (Phi) is 6.26. The van der Waals surface area contributed by atoms with Crippen molar-refractivity contribution in [1.29, 1.82) is 0 Å². The van der Waals surface area contributed by atoms with Crippen LogP contribution in [0.15, 0.2) is 41.3 Å². The molecule has 6 nitrogen and oxygen atoms in total. The van der Waals surface area contributed by atoms with Crippen LogP contribution in [0.3, 0.4) is 0 Å². The fourth-order valence-electron chi connectivity index (χ4n) is 2.58. The molecule has 7 heteroatoms. The van der Waals surface area contributed by atoms with Crippen LogP contribution in [0.4, 0.5) is 11.4 Å². The average molecular weight is 376 g/mol. The molecule has 0 bridgehead atoms. The Bertz CT molecular complexity index is 888. The molecule has 2 N–H and O–H groups in total. The predicted molar refractivity (Wildman–Crippen MR) is 104 cm³/mol. The maximum absolute atomic E-state index is 12.3. The third kappa shape index (κ3) is 4.98. The van der Waals surface area contributed by atoms with Crippen molar-refractivity contribution in [2.24, 2.45) is 0 Å². The highest BCUT2D eigenvalue weighted by molar-refractivity contribution is 7.90. The number of hydrogen-bond donors (Lipinski definition) is 2.